The molecule has 0 bridgehead atoms. The molecule has 1 fully saturated rings. The van der Waals surface area contributed by atoms with E-state index in [1.54, 1.807) is 4.68 Å². The summed E-state index contributed by atoms with van der Waals surface area (Å²) in [6, 6.07) is 6.05. The molecule has 1 atom stereocenters. The maximum atomic E-state index is 6.12. The van der Waals surface area contributed by atoms with E-state index >= 15 is 0 Å². The molecular weight excluding hydrogens is 416 g/mol. The number of rotatable bonds is 7. The van der Waals surface area contributed by atoms with E-state index in [0.717, 1.165) is 59.6 Å². The minimum Gasteiger partial charge on any atom is -0.490 e. The number of nitrogens with one attached hydrogen (secondary N) is 1. The third-order valence-corrected chi connectivity index (χ3v) is 5.86. The van der Waals surface area contributed by atoms with Gasteiger partial charge in [-0.2, -0.15) is 10.1 Å². The maximum Gasteiger partial charge on any atom is 0.229 e. The van der Waals surface area contributed by atoms with Crippen molar-refractivity contribution in [1.82, 2.24) is 24.3 Å². The van der Waals surface area contributed by atoms with E-state index in [0.29, 0.717) is 5.95 Å². The Hall–Kier alpha value is -3.39. The van der Waals surface area contributed by atoms with Gasteiger partial charge in [-0.3, -0.25) is 4.68 Å². The fourth-order valence-corrected chi connectivity index (χ4v) is 4.32. The van der Waals surface area contributed by atoms with Gasteiger partial charge in [0.25, 0.3) is 0 Å². The van der Waals surface area contributed by atoms with Gasteiger partial charge in [0, 0.05) is 60.5 Å². The number of hydrogen-bond donors (Lipinski definition) is 1. The molecule has 0 aliphatic carbocycles. The molecule has 8 heteroatoms. The number of aromatic nitrogens is 5. The van der Waals surface area contributed by atoms with Crippen LogP contribution in [0, 0.1) is 6.92 Å². The van der Waals surface area contributed by atoms with Gasteiger partial charge in [-0.1, -0.05) is 0 Å². The quantitative estimate of drug-likeness (QED) is 0.437. The summed E-state index contributed by atoms with van der Waals surface area (Å²) >= 11 is 0. The Balaban J connectivity index is 1.44. The third kappa shape index (κ3) is 4.57. The number of fused-ring (bicyclic) bond motifs is 1. The molecule has 0 radical (unpaired) electrons. The van der Waals surface area contributed by atoms with Crippen LogP contribution < -0.4 is 10.1 Å². The van der Waals surface area contributed by atoms with Crippen molar-refractivity contribution < 1.29 is 9.47 Å². The number of aryl methyl sites for hydroxylation is 2. The zero-order valence-electron chi connectivity index (χ0n) is 19.6. The van der Waals surface area contributed by atoms with Gasteiger partial charge < -0.3 is 19.4 Å². The topological polar surface area (TPSA) is 79.0 Å². The van der Waals surface area contributed by atoms with Gasteiger partial charge in [0.05, 0.1) is 24.9 Å². The SMILES string of the molecule is Cc1cn(CC2CCCO2)c2nc(Nc3ccc(-c4cnn(C)c4)c(OC(C)C)c3)ncc12. The Morgan fingerprint density at radius 1 is 1.24 bits per heavy atom. The van der Waals surface area contributed by atoms with Crippen LogP contribution in [0.1, 0.15) is 32.3 Å². The lowest BCUT2D eigenvalue weighted by Gasteiger charge is -2.16. The van der Waals surface area contributed by atoms with Crippen molar-refractivity contribution in [2.24, 2.45) is 7.05 Å². The van der Waals surface area contributed by atoms with Crippen LogP contribution in [-0.2, 0) is 18.3 Å². The van der Waals surface area contributed by atoms with Crippen LogP contribution in [0.4, 0.5) is 11.6 Å². The summed E-state index contributed by atoms with van der Waals surface area (Å²) in [7, 11) is 1.91. The average molecular weight is 447 g/mol. The molecule has 5 rings (SSSR count). The van der Waals surface area contributed by atoms with Crippen molar-refractivity contribution in [3.05, 3.63) is 48.5 Å². The van der Waals surface area contributed by atoms with Gasteiger partial charge >= 0.3 is 0 Å². The minimum atomic E-state index is 0.0485. The Labute approximate surface area is 193 Å². The van der Waals surface area contributed by atoms with Gasteiger partial charge in [-0.05, 0) is 51.3 Å². The molecule has 1 aliphatic heterocycles. The minimum absolute atomic E-state index is 0.0485. The smallest absolute Gasteiger partial charge is 0.229 e. The number of benzene rings is 1. The van der Waals surface area contributed by atoms with E-state index in [9.17, 15) is 0 Å². The first-order chi connectivity index (χ1) is 16.0. The summed E-state index contributed by atoms with van der Waals surface area (Å²) in [5.74, 6) is 1.35. The zero-order valence-corrected chi connectivity index (χ0v) is 19.6. The highest BCUT2D eigenvalue weighted by molar-refractivity contribution is 5.81. The van der Waals surface area contributed by atoms with Crippen LogP contribution in [0.25, 0.3) is 22.2 Å². The average Bonchev–Trinajstić information content (AvgIpc) is 3.50. The second-order valence-electron chi connectivity index (χ2n) is 8.94. The van der Waals surface area contributed by atoms with Crippen LogP contribution in [0.5, 0.6) is 5.75 Å². The molecule has 4 heterocycles. The largest absolute Gasteiger partial charge is 0.490 e. The van der Waals surface area contributed by atoms with Gasteiger partial charge in [0.1, 0.15) is 11.4 Å². The van der Waals surface area contributed by atoms with Crippen LogP contribution in [-0.4, -0.2) is 43.1 Å². The summed E-state index contributed by atoms with van der Waals surface area (Å²) < 4.78 is 15.9. The van der Waals surface area contributed by atoms with Crippen LogP contribution in [0.3, 0.4) is 0 Å². The molecule has 1 aromatic carbocycles. The van der Waals surface area contributed by atoms with Gasteiger partial charge in [-0.25, -0.2) is 4.98 Å². The summed E-state index contributed by atoms with van der Waals surface area (Å²) in [5.41, 5.74) is 4.97. The predicted molar refractivity (Wildman–Crippen MR) is 129 cm³/mol. The third-order valence-electron chi connectivity index (χ3n) is 5.86. The van der Waals surface area contributed by atoms with Crippen LogP contribution >= 0.6 is 0 Å². The zero-order chi connectivity index (χ0) is 22.9. The summed E-state index contributed by atoms with van der Waals surface area (Å²) in [6.45, 7) is 7.80. The fraction of sp³-hybridized carbons (Fsp3) is 0.400. The lowest BCUT2D eigenvalue weighted by molar-refractivity contribution is 0.0979. The van der Waals surface area contributed by atoms with E-state index in [4.69, 9.17) is 14.5 Å². The number of hydrogen-bond acceptors (Lipinski definition) is 6. The Morgan fingerprint density at radius 3 is 2.85 bits per heavy atom. The Bertz CT molecular complexity index is 1270. The fourth-order valence-electron chi connectivity index (χ4n) is 4.32. The van der Waals surface area contributed by atoms with E-state index in [-0.39, 0.29) is 12.2 Å². The van der Waals surface area contributed by atoms with Crippen molar-refractivity contribution in [3.8, 4) is 16.9 Å². The predicted octanol–water partition coefficient (Wildman–Crippen LogP) is 4.85. The number of nitrogens with zero attached hydrogens (tertiary/aromatic N) is 5. The van der Waals surface area contributed by atoms with E-state index in [2.05, 4.69) is 33.1 Å². The molecule has 3 aromatic heterocycles. The molecule has 4 aromatic rings. The molecule has 1 N–H and O–H groups in total. The van der Waals surface area contributed by atoms with Crippen molar-refractivity contribution in [2.45, 2.75) is 52.4 Å². The molecule has 0 amide bonds. The van der Waals surface area contributed by atoms with Crippen molar-refractivity contribution >= 4 is 22.7 Å². The van der Waals surface area contributed by atoms with Crippen molar-refractivity contribution in [3.63, 3.8) is 0 Å². The molecule has 33 heavy (non-hydrogen) atoms. The van der Waals surface area contributed by atoms with Crippen LogP contribution in [0.15, 0.2) is 43.0 Å². The number of ether oxygens (including phenoxy) is 2. The van der Waals surface area contributed by atoms with Crippen molar-refractivity contribution in [2.75, 3.05) is 11.9 Å². The monoisotopic (exact) mass is 446 g/mol. The molecule has 172 valence electrons. The molecule has 1 saturated heterocycles. The van der Waals surface area contributed by atoms with Gasteiger partial charge in [0.15, 0.2) is 0 Å². The van der Waals surface area contributed by atoms with Gasteiger partial charge in [-0.15, -0.1) is 0 Å². The van der Waals surface area contributed by atoms with E-state index < -0.39 is 0 Å². The highest BCUT2D eigenvalue weighted by atomic mass is 16.5. The summed E-state index contributed by atoms with van der Waals surface area (Å²) in [4.78, 5) is 9.40. The van der Waals surface area contributed by atoms with E-state index in [1.807, 2.05) is 57.7 Å². The second kappa shape index (κ2) is 8.86. The normalized spacial score (nSPS) is 16.1. The highest BCUT2D eigenvalue weighted by Crippen LogP contribution is 2.34. The van der Waals surface area contributed by atoms with E-state index in [1.165, 1.54) is 5.56 Å². The van der Waals surface area contributed by atoms with Crippen LogP contribution in [0.2, 0.25) is 0 Å². The lowest BCUT2D eigenvalue weighted by Crippen LogP contribution is -2.14. The lowest BCUT2D eigenvalue weighted by atomic mass is 10.1. The maximum absolute atomic E-state index is 6.12. The summed E-state index contributed by atoms with van der Waals surface area (Å²) in [6.07, 6.45) is 10.4. The molecule has 8 nitrogen and oxygen atoms in total. The molecule has 1 aliphatic rings. The Kier molecular flexibility index (Phi) is 5.76. The molecule has 1 unspecified atom stereocenters. The second-order valence-corrected chi connectivity index (χ2v) is 8.94. The molecule has 0 saturated carbocycles. The summed E-state index contributed by atoms with van der Waals surface area (Å²) in [5, 5.41) is 8.71. The van der Waals surface area contributed by atoms with Gasteiger partial charge in [0.2, 0.25) is 5.95 Å². The highest BCUT2D eigenvalue weighted by Gasteiger charge is 2.19. The first kappa shape index (κ1) is 21.5. The Morgan fingerprint density at radius 2 is 2.12 bits per heavy atom. The molecule has 0 spiro atoms. The first-order valence-electron chi connectivity index (χ1n) is 11.5. The number of anilines is 2. The standard InChI is InChI=1S/C25H30N6O2/c1-16(2)33-23-10-19(7-8-21(23)18-11-27-30(4)14-18)28-25-26-12-22-17(3)13-31(24(22)29-25)15-20-6-5-9-32-20/h7-8,10-14,16,20H,5-6,9,15H2,1-4H3,(H,26,28,29). The van der Waals surface area contributed by atoms with Crippen molar-refractivity contribution in [1.29, 1.82) is 0 Å². The first-order valence-corrected chi connectivity index (χ1v) is 11.5. The molecular formula is C25H30N6O2.